The van der Waals surface area contributed by atoms with Crippen molar-refractivity contribution in [1.29, 1.82) is 0 Å². The second-order valence-corrected chi connectivity index (χ2v) is 13.2. The van der Waals surface area contributed by atoms with Gasteiger partial charge in [0.1, 0.15) is 0 Å². The second kappa shape index (κ2) is 20.9. The summed E-state index contributed by atoms with van der Waals surface area (Å²) in [6, 6.07) is 0. The summed E-state index contributed by atoms with van der Waals surface area (Å²) in [4.78, 5) is 0. The SMILES string of the molecule is CCC(C)CCCC(C)CCCC(C)CCCC(C)COCP(C)COCC(C)CC. The highest BCUT2D eigenvalue weighted by atomic mass is 31.1. The van der Waals surface area contributed by atoms with E-state index in [0.717, 1.165) is 43.7 Å². The highest BCUT2D eigenvalue weighted by Crippen LogP contribution is 2.31. The summed E-state index contributed by atoms with van der Waals surface area (Å²) in [5.41, 5.74) is 0. The predicted octanol–water partition coefficient (Wildman–Crippen LogP) is 9.56. The van der Waals surface area contributed by atoms with E-state index in [1.54, 1.807) is 0 Å². The van der Waals surface area contributed by atoms with Gasteiger partial charge in [-0.25, -0.2) is 0 Å². The van der Waals surface area contributed by atoms with Gasteiger partial charge >= 0.3 is 0 Å². The molecule has 0 radical (unpaired) electrons. The van der Waals surface area contributed by atoms with Gasteiger partial charge in [-0.1, -0.05) is 121 Å². The van der Waals surface area contributed by atoms with E-state index in [9.17, 15) is 0 Å². The molecule has 0 saturated heterocycles. The summed E-state index contributed by atoms with van der Waals surface area (Å²) in [6.07, 6.45) is 16.9. The number of hydrogen-bond acceptors (Lipinski definition) is 2. The molecule has 31 heavy (non-hydrogen) atoms. The Balaban J connectivity index is 3.60. The zero-order valence-electron chi connectivity index (χ0n) is 22.8. The fourth-order valence-corrected chi connectivity index (χ4v) is 4.90. The zero-order chi connectivity index (χ0) is 23.5. The van der Waals surface area contributed by atoms with E-state index in [4.69, 9.17) is 9.47 Å². The molecule has 6 atom stereocenters. The molecule has 0 rings (SSSR count). The second-order valence-electron chi connectivity index (χ2n) is 11.0. The van der Waals surface area contributed by atoms with Crippen molar-refractivity contribution in [1.82, 2.24) is 0 Å². The van der Waals surface area contributed by atoms with Gasteiger partial charge in [-0.2, -0.15) is 0 Å². The van der Waals surface area contributed by atoms with E-state index in [1.165, 1.54) is 70.6 Å². The Morgan fingerprint density at radius 2 is 0.871 bits per heavy atom. The lowest BCUT2D eigenvalue weighted by molar-refractivity contribution is 0.125. The van der Waals surface area contributed by atoms with Crippen LogP contribution in [-0.2, 0) is 9.47 Å². The van der Waals surface area contributed by atoms with E-state index in [2.05, 4.69) is 55.1 Å². The maximum absolute atomic E-state index is 5.99. The molecule has 3 heteroatoms. The molecule has 0 amide bonds. The van der Waals surface area contributed by atoms with E-state index in [-0.39, 0.29) is 7.92 Å². The van der Waals surface area contributed by atoms with Crippen molar-refractivity contribution in [3.05, 3.63) is 0 Å². The lowest BCUT2D eigenvalue weighted by atomic mass is 9.91. The van der Waals surface area contributed by atoms with Gasteiger partial charge in [0.2, 0.25) is 0 Å². The molecule has 0 saturated carbocycles. The molecule has 0 aliphatic rings. The summed E-state index contributed by atoms with van der Waals surface area (Å²) in [7, 11) is -0.136. The normalized spacial score (nSPS) is 17.8. The van der Waals surface area contributed by atoms with Gasteiger partial charge < -0.3 is 9.47 Å². The molecule has 0 bridgehead atoms. The molecular formula is C28H59O2P. The number of hydrogen-bond donors (Lipinski definition) is 0. The van der Waals surface area contributed by atoms with Crippen LogP contribution in [0.2, 0.25) is 0 Å². The molecule has 0 aromatic rings. The third-order valence-corrected chi connectivity index (χ3v) is 8.25. The molecule has 0 aliphatic carbocycles. The summed E-state index contributed by atoms with van der Waals surface area (Å²) >= 11 is 0. The van der Waals surface area contributed by atoms with E-state index in [1.807, 2.05) is 0 Å². The van der Waals surface area contributed by atoms with Crippen LogP contribution >= 0.6 is 7.92 Å². The first-order chi connectivity index (χ1) is 14.8. The van der Waals surface area contributed by atoms with Crippen molar-refractivity contribution in [3.8, 4) is 0 Å². The molecule has 0 aromatic carbocycles. The third kappa shape index (κ3) is 20.7. The Morgan fingerprint density at radius 1 is 0.516 bits per heavy atom. The van der Waals surface area contributed by atoms with Crippen LogP contribution in [0.3, 0.4) is 0 Å². The Hall–Kier alpha value is 0.350. The van der Waals surface area contributed by atoms with Crippen molar-refractivity contribution in [2.24, 2.45) is 29.6 Å². The summed E-state index contributed by atoms with van der Waals surface area (Å²) < 4.78 is 11.8. The minimum Gasteiger partial charge on any atom is -0.377 e. The fraction of sp³-hybridized carbons (Fsp3) is 1.00. The largest absolute Gasteiger partial charge is 0.377 e. The Bertz CT molecular complexity index is 342. The Kier molecular flexibility index (Phi) is 21.2. The van der Waals surface area contributed by atoms with Crippen LogP contribution in [0, 0.1) is 29.6 Å². The molecule has 6 unspecified atom stereocenters. The Morgan fingerprint density at radius 3 is 1.29 bits per heavy atom. The third-order valence-electron chi connectivity index (χ3n) is 7.00. The van der Waals surface area contributed by atoms with Crippen LogP contribution in [0.1, 0.15) is 119 Å². The van der Waals surface area contributed by atoms with Crippen LogP contribution in [-0.4, -0.2) is 32.6 Å². The van der Waals surface area contributed by atoms with Crippen molar-refractivity contribution >= 4 is 7.92 Å². The minimum absolute atomic E-state index is 0.136. The topological polar surface area (TPSA) is 18.5 Å². The molecule has 0 fully saturated rings. The van der Waals surface area contributed by atoms with E-state index in [0.29, 0.717) is 11.8 Å². The molecule has 0 aliphatic heterocycles. The van der Waals surface area contributed by atoms with Gasteiger partial charge in [0.05, 0.1) is 12.7 Å². The van der Waals surface area contributed by atoms with Gasteiger partial charge in [0.25, 0.3) is 0 Å². The standard InChI is InChI=1S/C28H59O2P/c1-9-24(3)14-11-15-26(5)16-12-17-27(6)18-13-19-28(7)21-30-23-31(8)22-29-20-25(4)10-2/h24-28H,9-23H2,1-8H3. The van der Waals surface area contributed by atoms with Gasteiger partial charge in [0.15, 0.2) is 0 Å². The van der Waals surface area contributed by atoms with Gasteiger partial charge in [0, 0.05) is 13.2 Å². The first-order valence-electron chi connectivity index (χ1n) is 13.6. The minimum atomic E-state index is -0.136. The maximum Gasteiger partial charge on any atom is 0.0679 e. The van der Waals surface area contributed by atoms with Gasteiger partial charge in [-0.05, 0) is 42.7 Å². The van der Waals surface area contributed by atoms with Crippen molar-refractivity contribution in [2.45, 2.75) is 119 Å². The molecular weight excluding hydrogens is 399 g/mol. The number of ether oxygens (including phenoxy) is 2. The summed E-state index contributed by atoms with van der Waals surface area (Å²) in [5.74, 6) is 4.07. The van der Waals surface area contributed by atoms with Crippen molar-refractivity contribution in [3.63, 3.8) is 0 Å². The van der Waals surface area contributed by atoms with Crippen molar-refractivity contribution < 1.29 is 9.47 Å². The lowest BCUT2D eigenvalue weighted by Crippen LogP contribution is -2.09. The average Bonchev–Trinajstić information content (AvgIpc) is 2.73. The van der Waals surface area contributed by atoms with Crippen LogP contribution < -0.4 is 0 Å². The van der Waals surface area contributed by atoms with E-state index < -0.39 is 0 Å². The first-order valence-corrected chi connectivity index (χ1v) is 15.8. The molecule has 2 nitrogen and oxygen atoms in total. The highest BCUT2D eigenvalue weighted by Gasteiger charge is 2.10. The van der Waals surface area contributed by atoms with Crippen LogP contribution in [0.4, 0.5) is 0 Å². The molecule has 188 valence electrons. The molecule has 0 heterocycles. The monoisotopic (exact) mass is 458 g/mol. The van der Waals surface area contributed by atoms with Crippen molar-refractivity contribution in [2.75, 3.05) is 32.6 Å². The summed E-state index contributed by atoms with van der Waals surface area (Å²) in [5, 5.41) is 0. The van der Waals surface area contributed by atoms with Gasteiger partial charge in [-0.15, -0.1) is 0 Å². The van der Waals surface area contributed by atoms with E-state index >= 15 is 0 Å². The predicted molar refractivity (Wildman–Crippen MR) is 142 cm³/mol. The van der Waals surface area contributed by atoms with Gasteiger partial charge in [-0.3, -0.25) is 0 Å². The summed E-state index contributed by atoms with van der Waals surface area (Å²) in [6.45, 7) is 20.6. The first kappa shape index (κ1) is 31.4. The molecule has 0 spiro atoms. The van der Waals surface area contributed by atoms with Crippen LogP contribution in [0.15, 0.2) is 0 Å². The quantitative estimate of drug-likeness (QED) is 0.150. The fourth-order valence-electron chi connectivity index (χ4n) is 4.00. The molecule has 0 N–H and O–H groups in total. The maximum atomic E-state index is 5.99. The Labute approximate surface area is 198 Å². The highest BCUT2D eigenvalue weighted by molar-refractivity contribution is 7.56. The van der Waals surface area contributed by atoms with Crippen LogP contribution in [0.25, 0.3) is 0 Å². The van der Waals surface area contributed by atoms with Crippen LogP contribution in [0.5, 0.6) is 0 Å². The lowest BCUT2D eigenvalue weighted by Gasteiger charge is -2.18. The number of rotatable bonds is 22. The average molecular weight is 459 g/mol. The molecule has 0 aromatic heterocycles. The zero-order valence-corrected chi connectivity index (χ0v) is 23.7. The smallest absolute Gasteiger partial charge is 0.0679 e.